The second-order valence-corrected chi connectivity index (χ2v) is 13.6. The molecule has 176 valence electrons. The third-order valence-corrected chi connectivity index (χ3v) is 6.66. The maximum absolute atomic E-state index is 12.6. The fourth-order valence-electron chi connectivity index (χ4n) is 1.93. The van der Waals surface area contributed by atoms with Crippen LogP contribution in [0.4, 0.5) is 0 Å². The normalized spacial score (nSPS) is 13.9. The number of carbonyl (C=O) groups is 4. The van der Waals surface area contributed by atoms with Gasteiger partial charge in [0.25, 0.3) is 0 Å². The molecule has 0 aliphatic carbocycles. The van der Waals surface area contributed by atoms with Gasteiger partial charge in [0.2, 0.25) is 23.1 Å². The lowest BCUT2D eigenvalue weighted by Gasteiger charge is -2.42. The molecule has 30 heavy (non-hydrogen) atoms. The molecule has 0 atom stereocenters. The third-order valence-electron chi connectivity index (χ3n) is 6.66. The summed E-state index contributed by atoms with van der Waals surface area (Å²) in [5.41, 5.74) is -2.85. The topological polar surface area (TPSA) is 68.3 Å². The van der Waals surface area contributed by atoms with Crippen molar-refractivity contribution in [3.8, 4) is 0 Å². The quantitative estimate of drug-likeness (QED) is 0.484. The van der Waals surface area contributed by atoms with Gasteiger partial charge in [0, 0.05) is 21.7 Å². The van der Waals surface area contributed by atoms with E-state index < -0.39 is 21.7 Å². The van der Waals surface area contributed by atoms with Crippen molar-refractivity contribution in [3.05, 3.63) is 0 Å². The van der Waals surface area contributed by atoms with Gasteiger partial charge in [-0.1, -0.05) is 111 Å². The van der Waals surface area contributed by atoms with Gasteiger partial charge in [-0.2, -0.15) is 0 Å². The predicted molar refractivity (Wildman–Crippen MR) is 125 cm³/mol. The van der Waals surface area contributed by atoms with Gasteiger partial charge in [-0.05, 0) is 10.8 Å². The fraction of sp³-hybridized carbons (Fsp3) is 0.846. The van der Waals surface area contributed by atoms with E-state index in [2.05, 4.69) is 0 Å². The summed E-state index contributed by atoms with van der Waals surface area (Å²) in [7, 11) is 0. The van der Waals surface area contributed by atoms with Crippen molar-refractivity contribution >= 4 is 23.1 Å². The molecule has 0 bridgehead atoms. The molecular formula is C26H48O4. The Balaban J connectivity index is 0. The molecule has 0 unspecified atom stereocenters. The van der Waals surface area contributed by atoms with Crippen molar-refractivity contribution in [2.75, 3.05) is 0 Å². The SMILES string of the molecule is CC(C)(C)C(=O)C(=O)C(C)(C)C.CC(C)(C)C(C)(C)C(=O)C(=O)C(C)(C)C(C)(C)C. The van der Waals surface area contributed by atoms with Gasteiger partial charge < -0.3 is 0 Å². The van der Waals surface area contributed by atoms with Crippen LogP contribution in [0.3, 0.4) is 0 Å². The monoisotopic (exact) mass is 424 g/mol. The highest BCUT2D eigenvalue weighted by Gasteiger charge is 2.50. The lowest BCUT2D eigenvalue weighted by molar-refractivity contribution is -0.153. The van der Waals surface area contributed by atoms with Gasteiger partial charge in [-0.3, -0.25) is 19.2 Å². The van der Waals surface area contributed by atoms with Crippen LogP contribution in [0.1, 0.15) is 111 Å². The summed E-state index contributed by atoms with van der Waals surface area (Å²) in [4.78, 5) is 48.0. The van der Waals surface area contributed by atoms with Crippen LogP contribution in [0.2, 0.25) is 0 Å². The molecule has 0 aromatic rings. The van der Waals surface area contributed by atoms with E-state index in [1.54, 1.807) is 41.5 Å². The van der Waals surface area contributed by atoms with E-state index in [-0.39, 0.29) is 34.0 Å². The minimum atomic E-state index is -0.646. The van der Waals surface area contributed by atoms with E-state index in [1.165, 1.54) is 0 Å². The smallest absolute Gasteiger partial charge is 0.205 e. The Bertz CT molecular complexity index is 604. The van der Waals surface area contributed by atoms with Crippen LogP contribution in [0, 0.1) is 32.5 Å². The number of Topliss-reactive ketones (excluding diaryl/α,β-unsaturated/α-hetero) is 4. The highest BCUT2D eigenvalue weighted by Crippen LogP contribution is 2.44. The average Bonchev–Trinajstić information content (AvgIpc) is 2.48. The molecule has 0 saturated carbocycles. The second-order valence-electron chi connectivity index (χ2n) is 13.6. The standard InChI is InChI=1S/C16H30O2.C10H18O2/c1-13(2,3)15(7,8)11(17)12(18)16(9,10)14(4,5)6;1-9(2,3)7(11)8(12)10(4,5)6/h1-10H3;1-6H3. The van der Waals surface area contributed by atoms with Crippen molar-refractivity contribution in [1.29, 1.82) is 0 Å². The summed E-state index contributed by atoms with van der Waals surface area (Å²) in [5.74, 6) is -1.07. The van der Waals surface area contributed by atoms with E-state index in [0.717, 1.165) is 0 Å². The lowest BCUT2D eigenvalue weighted by atomic mass is 9.59. The fourth-order valence-corrected chi connectivity index (χ4v) is 1.93. The number of ketones is 4. The van der Waals surface area contributed by atoms with Crippen LogP contribution in [0.25, 0.3) is 0 Å². The van der Waals surface area contributed by atoms with Crippen LogP contribution < -0.4 is 0 Å². The Labute approximate surface area is 186 Å². The highest BCUT2D eigenvalue weighted by atomic mass is 16.2. The molecule has 0 aliphatic heterocycles. The van der Waals surface area contributed by atoms with Crippen LogP contribution in [0.5, 0.6) is 0 Å². The zero-order valence-corrected chi connectivity index (χ0v) is 22.6. The molecule has 0 aromatic heterocycles. The van der Waals surface area contributed by atoms with Gasteiger partial charge in [0.1, 0.15) is 0 Å². The minimum absolute atomic E-state index is 0.228. The van der Waals surface area contributed by atoms with Crippen LogP contribution in [-0.2, 0) is 19.2 Å². The Hall–Kier alpha value is -1.32. The minimum Gasteiger partial charge on any atom is -0.290 e. The van der Waals surface area contributed by atoms with Crippen LogP contribution >= 0.6 is 0 Å². The van der Waals surface area contributed by atoms with E-state index >= 15 is 0 Å². The Morgan fingerprint density at radius 3 is 0.600 bits per heavy atom. The molecule has 0 heterocycles. The molecule has 0 fully saturated rings. The van der Waals surface area contributed by atoms with Crippen molar-refractivity contribution in [2.24, 2.45) is 32.5 Å². The summed E-state index contributed by atoms with van der Waals surface area (Å²) in [6, 6.07) is 0. The molecule has 0 N–H and O–H groups in total. The summed E-state index contributed by atoms with van der Waals surface area (Å²) in [6.45, 7) is 30.1. The van der Waals surface area contributed by atoms with E-state index in [0.29, 0.717) is 0 Å². The van der Waals surface area contributed by atoms with E-state index in [1.807, 2.05) is 69.2 Å². The first-order valence-electron chi connectivity index (χ1n) is 10.8. The Kier molecular flexibility index (Phi) is 9.30. The first-order valence-corrected chi connectivity index (χ1v) is 10.8. The van der Waals surface area contributed by atoms with Crippen molar-refractivity contribution in [1.82, 2.24) is 0 Å². The molecule has 0 aromatic carbocycles. The van der Waals surface area contributed by atoms with Crippen molar-refractivity contribution < 1.29 is 19.2 Å². The maximum atomic E-state index is 12.6. The highest BCUT2D eigenvalue weighted by molar-refractivity contribution is 6.41. The number of hydrogen-bond donors (Lipinski definition) is 0. The maximum Gasteiger partial charge on any atom is 0.205 e. The number of rotatable bonds is 4. The molecular weight excluding hydrogens is 376 g/mol. The van der Waals surface area contributed by atoms with Crippen molar-refractivity contribution in [2.45, 2.75) is 111 Å². The van der Waals surface area contributed by atoms with Gasteiger partial charge >= 0.3 is 0 Å². The first-order chi connectivity index (χ1) is 12.6. The van der Waals surface area contributed by atoms with Crippen LogP contribution in [0.15, 0.2) is 0 Å². The average molecular weight is 425 g/mol. The molecule has 0 aliphatic rings. The molecule has 4 nitrogen and oxygen atoms in total. The second kappa shape index (κ2) is 9.04. The molecule has 0 spiro atoms. The predicted octanol–water partition coefficient (Wildman–Crippen LogP) is 6.49. The van der Waals surface area contributed by atoms with Gasteiger partial charge in [-0.25, -0.2) is 0 Å². The van der Waals surface area contributed by atoms with E-state index in [4.69, 9.17) is 0 Å². The van der Waals surface area contributed by atoms with Gasteiger partial charge in [0.15, 0.2) is 0 Å². The number of hydrogen-bond acceptors (Lipinski definition) is 4. The molecule has 0 saturated heterocycles. The Morgan fingerprint density at radius 1 is 0.333 bits per heavy atom. The first kappa shape index (κ1) is 30.9. The third kappa shape index (κ3) is 7.42. The molecule has 0 rings (SSSR count). The molecule has 4 heteroatoms. The van der Waals surface area contributed by atoms with Gasteiger partial charge in [0.05, 0.1) is 0 Å². The lowest BCUT2D eigenvalue weighted by Crippen LogP contribution is -2.49. The zero-order chi connectivity index (χ0) is 25.3. The summed E-state index contributed by atoms with van der Waals surface area (Å²) in [6.07, 6.45) is 0. The Morgan fingerprint density at radius 2 is 0.500 bits per heavy atom. The summed E-state index contributed by atoms with van der Waals surface area (Å²) < 4.78 is 0. The molecule has 0 amide bonds. The zero-order valence-electron chi connectivity index (χ0n) is 22.6. The summed E-state index contributed by atoms with van der Waals surface area (Å²) in [5, 5.41) is 0. The van der Waals surface area contributed by atoms with Gasteiger partial charge in [-0.15, -0.1) is 0 Å². The largest absolute Gasteiger partial charge is 0.290 e. The van der Waals surface area contributed by atoms with Crippen LogP contribution in [-0.4, -0.2) is 23.1 Å². The number of carbonyl (C=O) groups excluding carboxylic acids is 4. The molecule has 0 radical (unpaired) electrons. The van der Waals surface area contributed by atoms with E-state index in [9.17, 15) is 19.2 Å². The summed E-state index contributed by atoms with van der Waals surface area (Å²) >= 11 is 0. The van der Waals surface area contributed by atoms with Crippen molar-refractivity contribution in [3.63, 3.8) is 0 Å².